The third-order valence-corrected chi connectivity index (χ3v) is 2.86. The molecule has 2 aromatic rings. The summed E-state index contributed by atoms with van der Waals surface area (Å²) in [7, 11) is 0. The summed E-state index contributed by atoms with van der Waals surface area (Å²) in [6.45, 7) is 3.78. The molecule has 6 heteroatoms. The van der Waals surface area contributed by atoms with Gasteiger partial charge in [-0.1, -0.05) is 23.7 Å². The fraction of sp³-hybridized carbons (Fsp3) is 0.214. The van der Waals surface area contributed by atoms with Crippen LogP contribution >= 0.6 is 11.6 Å². The summed E-state index contributed by atoms with van der Waals surface area (Å²) in [6, 6.07) is 7.22. The Bertz CT molecular complexity index is 632. The number of carbonyl (C=O) groups excluding carboxylic acids is 1. The van der Waals surface area contributed by atoms with Gasteiger partial charge in [-0.3, -0.25) is 0 Å². The number of rotatable bonds is 4. The van der Waals surface area contributed by atoms with E-state index in [9.17, 15) is 4.79 Å². The second-order valence-corrected chi connectivity index (χ2v) is 4.41. The standard InChI is InChI=1S/C14H14ClN3O2/c1-3-20-14(19)10-8-16-9(2)17-13(10)18-12-7-5-4-6-11(12)15/h4-8H,3H2,1-2H3,(H,16,17,18). The largest absolute Gasteiger partial charge is 0.462 e. The molecular formula is C14H14ClN3O2. The highest BCUT2D eigenvalue weighted by Crippen LogP contribution is 2.25. The molecule has 1 aromatic heterocycles. The van der Waals surface area contributed by atoms with Gasteiger partial charge in [0.05, 0.1) is 17.3 Å². The number of hydrogen-bond donors (Lipinski definition) is 1. The van der Waals surface area contributed by atoms with Crippen molar-refractivity contribution in [2.24, 2.45) is 0 Å². The van der Waals surface area contributed by atoms with E-state index in [1.54, 1.807) is 26.0 Å². The van der Waals surface area contributed by atoms with E-state index in [1.807, 2.05) is 12.1 Å². The lowest BCUT2D eigenvalue weighted by atomic mass is 10.2. The molecule has 20 heavy (non-hydrogen) atoms. The van der Waals surface area contributed by atoms with Gasteiger partial charge in [-0.15, -0.1) is 0 Å². The number of nitrogens with one attached hydrogen (secondary N) is 1. The molecule has 0 radical (unpaired) electrons. The fourth-order valence-electron chi connectivity index (χ4n) is 1.61. The molecule has 0 spiro atoms. The third-order valence-electron chi connectivity index (χ3n) is 2.53. The van der Waals surface area contributed by atoms with Gasteiger partial charge in [-0.25, -0.2) is 14.8 Å². The Morgan fingerprint density at radius 2 is 2.15 bits per heavy atom. The average Bonchev–Trinajstić information content (AvgIpc) is 2.42. The van der Waals surface area contributed by atoms with Crippen LogP contribution in [0.3, 0.4) is 0 Å². The average molecular weight is 292 g/mol. The molecular weight excluding hydrogens is 278 g/mol. The Balaban J connectivity index is 2.37. The number of esters is 1. The monoisotopic (exact) mass is 291 g/mol. The Kier molecular flexibility index (Phi) is 4.53. The van der Waals surface area contributed by atoms with Crippen LogP contribution in [0.4, 0.5) is 11.5 Å². The molecule has 0 aliphatic heterocycles. The highest BCUT2D eigenvalue weighted by Gasteiger charge is 2.15. The first-order valence-corrected chi connectivity index (χ1v) is 6.52. The highest BCUT2D eigenvalue weighted by atomic mass is 35.5. The van der Waals surface area contributed by atoms with Crippen molar-refractivity contribution in [3.63, 3.8) is 0 Å². The van der Waals surface area contributed by atoms with Crippen LogP contribution in [0, 0.1) is 6.92 Å². The number of para-hydroxylation sites is 1. The lowest BCUT2D eigenvalue weighted by molar-refractivity contribution is 0.0526. The van der Waals surface area contributed by atoms with Crippen molar-refractivity contribution in [3.8, 4) is 0 Å². The minimum Gasteiger partial charge on any atom is -0.462 e. The normalized spacial score (nSPS) is 10.2. The predicted octanol–water partition coefficient (Wildman–Crippen LogP) is 3.36. The van der Waals surface area contributed by atoms with Crippen LogP contribution in [0.25, 0.3) is 0 Å². The lowest BCUT2D eigenvalue weighted by Gasteiger charge is -2.11. The molecule has 0 saturated carbocycles. The summed E-state index contributed by atoms with van der Waals surface area (Å²) in [5, 5.41) is 3.58. The summed E-state index contributed by atoms with van der Waals surface area (Å²) in [5.74, 6) is 0.457. The van der Waals surface area contributed by atoms with Gasteiger partial charge < -0.3 is 10.1 Å². The van der Waals surface area contributed by atoms with Gasteiger partial charge in [0.1, 0.15) is 17.2 Å². The molecule has 0 aliphatic carbocycles. The minimum atomic E-state index is -0.470. The number of halogens is 1. The number of carbonyl (C=O) groups is 1. The summed E-state index contributed by atoms with van der Waals surface area (Å²) in [6.07, 6.45) is 1.44. The molecule has 0 unspecified atom stereocenters. The molecule has 0 fully saturated rings. The van der Waals surface area contributed by atoms with E-state index in [1.165, 1.54) is 6.20 Å². The molecule has 1 aromatic carbocycles. The molecule has 1 heterocycles. The van der Waals surface area contributed by atoms with Crippen LogP contribution in [0.15, 0.2) is 30.5 Å². The van der Waals surface area contributed by atoms with E-state index < -0.39 is 5.97 Å². The maximum Gasteiger partial charge on any atom is 0.343 e. The van der Waals surface area contributed by atoms with Crippen molar-refractivity contribution < 1.29 is 9.53 Å². The highest BCUT2D eigenvalue weighted by molar-refractivity contribution is 6.33. The van der Waals surface area contributed by atoms with E-state index in [4.69, 9.17) is 16.3 Å². The van der Waals surface area contributed by atoms with Crippen LogP contribution < -0.4 is 5.32 Å². The van der Waals surface area contributed by atoms with E-state index in [0.29, 0.717) is 22.4 Å². The molecule has 0 amide bonds. The molecule has 2 rings (SSSR count). The van der Waals surface area contributed by atoms with Gasteiger partial charge in [-0.05, 0) is 26.0 Å². The van der Waals surface area contributed by atoms with Crippen LogP contribution in [0.2, 0.25) is 5.02 Å². The van der Waals surface area contributed by atoms with Gasteiger partial charge in [0.2, 0.25) is 0 Å². The zero-order valence-corrected chi connectivity index (χ0v) is 11.9. The summed E-state index contributed by atoms with van der Waals surface area (Å²) in [4.78, 5) is 20.1. The lowest BCUT2D eigenvalue weighted by Crippen LogP contribution is -2.11. The molecule has 104 valence electrons. The topological polar surface area (TPSA) is 64.1 Å². The second kappa shape index (κ2) is 6.34. The van der Waals surface area contributed by atoms with Crippen molar-refractivity contribution >= 4 is 29.1 Å². The van der Waals surface area contributed by atoms with E-state index in [2.05, 4.69) is 15.3 Å². The molecule has 0 bridgehead atoms. The maximum atomic E-state index is 11.9. The van der Waals surface area contributed by atoms with Gasteiger partial charge in [-0.2, -0.15) is 0 Å². The summed E-state index contributed by atoms with van der Waals surface area (Å²) < 4.78 is 4.98. The molecule has 1 N–H and O–H groups in total. The molecule has 5 nitrogen and oxygen atoms in total. The summed E-state index contributed by atoms with van der Waals surface area (Å²) >= 11 is 6.08. The number of ether oxygens (including phenoxy) is 1. The number of aryl methyl sites for hydroxylation is 1. The Morgan fingerprint density at radius 3 is 2.85 bits per heavy atom. The molecule has 0 aliphatic rings. The van der Waals surface area contributed by atoms with Crippen molar-refractivity contribution in [1.29, 1.82) is 0 Å². The van der Waals surface area contributed by atoms with Crippen molar-refractivity contribution in [3.05, 3.63) is 46.9 Å². The van der Waals surface area contributed by atoms with Crippen molar-refractivity contribution in [2.45, 2.75) is 13.8 Å². The maximum absolute atomic E-state index is 11.9. The van der Waals surface area contributed by atoms with E-state index in [0.717, 1.165) is 0 Å². The molecule has 0 atom stereocenters. The molecule has 0 saturated heterocycles. The zero-order chi connectivity index (χ0) is 14.5. The number of anilines is 2. The first-order chi connectivity index (χ1) is 9.61. The number of nitrogens with zero attached hydrogens (tertiary/aromatic N) is 2. The number of hydrogen-bond acceptors (Lipinski definition) is 5. The first kappa shape index (κ1) is 14.3. The van der Waals surface area contributed by atoms with Crippen molar-refractivity contribution in [2.75, 3.05) is 11.9 Å². The van der Waals surface area contributed by atoms with Crippen LogP contribution in [-0.4, -0.2) is 22.5 Å². The van der Waals surface area contributed by atoms with Crippen LogP contribution in [-0.2, 0) is 4.74 Å². The first-order valence-electron chi connectivity index (χ1n) is 6.14. The zero-order valence-electron chi connectivity index (χ0n) is 11.2. The van der Waals surface area contributed by atoms with Gasteiger partial charge in [0, 0.05) is 6.20 Å². The number of benzene rings is 1. The second-order valence-electron chi connectivity index (χ2n) is 4.00. The third kappa shape index (κ3) is 3.24. The Morgan fingerprint density at radius 1 is 1.40 bits per heavy atom. The Labute approximate surface area is 122 Å². The fourth-order valence-corrected chi connectivity index (χ4v) is 1.80. The smallest absolute Gasteiger partial charge is 0.343 e. The van der Waals surface area contributed by atoms with Crippen LogP contribution in [0.1, 0.15) is 23.1 Å². The van der Waals surface area contributed by atoms with Gasteiger partial charge in [0.15, 0.2) is 0 Å². The van der Waals surface area contributed by atoms with E-state index in [-0.39, 0.29) is 12.2 Å². The summed E-state index contributed by atoms with van der Waals surface area (Å²) in [5.41, 5.74) is 0.940. The van der Waals surface area contributed by atoms with Crippen LogP contribution in [0.5, 0.6) is 0 Å². The minimum absolute atomic E-state index is 0.275. The Hall–Kier alpha value is -2.14. The van der Waals surface area contributed by atoms with E-state index >= 15 is 0 Å². The predicted molar refractivity (Wildman–Crippen MR) is 77.5 cm³/mol. The van der Waals surface area contributed by atoms with Crippen molar-refractivity contribution in [1.82, 2.24) is 9.97 Å². The quantitative estimate of drug-likeness (QED) is 0.875. The van der Waals surface area contributed by atoms with Gasteiger partial charge >= 0.3 is 5.97 Å². The van der Waals surface area contributed by atoms with Gasteiger partial charge in [0.25, 0.3) is 0 Å². The SMILES string of the molecule is CCOC(=O)c1cnc(C)nc1Nc1ccccc1Cl. The number of aromatic nitrogens is 2.